The minimum atomic E-state index is -0.498. The number of ether oxygens (including phenoxy) is 1. The molecule has 4 amide bonds. The zero-order valence-corrected chi connectivity index (χ0v) is 12.2. The summed E-state index contributed by atoms with van der Waals surface area (Å²) in [4.78, 5) is 39.0. The second-order valence-corrected chi connectivity index (χ2v) is 4.60. The Labute approximate surface area is 129 Å². The van der Waals surface area contributed by atoms with Gasteiger partial charge in [0.05, 0.1) is 23.5 Å². The number of fused-ring (bicyclic) bond motifs is 1. The second kappa shape index (κ2) is 6.26. The smallest absolute Gasteiger partial charge is 0.368 e. The number of carbonyl (C=O) groups excluding carboxylic acids is 3. The van der Waals surface area contributed by atoms with Gasteiger partial charge in [0, 0.05) is 6.07 Å². The molecule has 10 heteroatoms. The summed E-state index contributed by atoms with van der Waals surface area (Å²) >= 11 is 4.50. The van der Waals surface area contributed by atoms with E-state index in [9.17, 15) is 14.4 Å². The summed E-state index contributed by atoms with van der Waals surface area (Å²) in [6.07, 6.45) is -0.125. The molecule has 114 valence electrons. The number of nitrogens with two attached hydrogens (primary N) is 1. The highest BCUT2D eigenvalue weighted by Gasteiger charge is 2.17. The van der Waals surface area contributed by atoms with Crippen molar-refractivity contribution >= 4 is 40.9 Å². The summed E-state index contributed by atoms with van der Waals surface area (Å²) in [5.41, 5.74) is 6.07. The van der Waals surface area contributed by atoms with Gasteiger partial charge in [0.2, 0.25) is 11.8 Å². The monoisotopic (exact) mass is 321 g/mol. The minimum absolute atomic E-state index is 0.0938. The SMILES string of the molecule is COc1cc2c(cc1N)=NC(=O)N=2.O=C1CC(=O)NC(=S)N1. The zero-order chi connectivity index (χ0) is 16.3. The number of hydrogen-bond donors (Lipinski definition) is 3. The molecular formula is C12H11N5O4S. The lowest BCUT2D eigenvalue weighted by atomic mass is 10.3. The first-order valence-electron chi connectivity index (χ1n) is 5.97. The standard InChI is InChI=1S/C8H7N3O2.C4H4N2O2S/c1-13-7-3-6-5(2-4(7)9)10-8(12)11-6;7-2-1-3(8)6-4(9)5-2/h2-3H,9H2,1H3;1H2,(H2,5,6,7,8,9). The summed E-state index contributed by atoms with van der Waals surface area (Å²) in [6, 6.07) is 2.67. The van der Waals surface area contributed by atoms with Gasteiger partial charge in [0.15, 0.2) is 5.11 Å². The number of methoxy groups -OCH3 is 1. The van der Waals surface area contributed by atoms with Crippen molar-refractivity contribution in [2.45, 2.75) is 6.42 Å². The number of urea groups is 1. The molecule has 0 saturated carbocycles. The number of nitrogens with one attached hydrogen (secondary N) is 2. The van der Waals surface area contributed by atoms with E-state index in [0.717, 1.165) is 0 Å². The van der Waals surface area contributed by atoms with Crippen molar-refractivity contribution in [3.8, 4) is 5.75 Å². The molecule has 1 saturated heterocycles. The highest BCUT2D eigenvalue weighted by Crippen LogP contribution is 2.15. The van der Waals surface area contributed by atoms with E-state index in [-0.39, 0.29) is 23.3 Å². The van der Waals surface area contributed by atoms with Crippen molar-refractivity contribution in [3.05, 3.63) is 22.8 Å². The first-order chi connectivity index (χ1) is 10.4. The molecule has 2 heterocycles. The van der Waals surface area contributed by atoms with Crippen LogP contribution in [0.2, 0.25) is 0 Å². The predicted octanol–water partition coefficient (Wildman–Crippen LogP) is -1.44. The molecule has 22 heavy (non-hydrogen) atoms. The predicted molar refractivity (Wildman–Crippen MR) is 78.6 cm³/mol. The molecule has 9 nitrogen and oxygen atoms in total. The summed E-state index contributed by atoms with van der Waals surface area (Å²) in [7, 11) is 1.51. The largest absolute Gasteiger partial charge is 0.495 e. The van der Waals surface area contributed by atoms with Crippen molar-refractivity contribution in [2.24, 2.45) is 9.98 Å². The summed E-state index contributed by atoms with van der Waals surface area (Å²) in [5, 5.41) is 5.65. The fourth-order valence-electron chi connectivity index (χ4n) is 1.68. The van der Waals surface area contributed by atoms with Gasteiger partial charge in [-0.25, -0.2) is 4.79 Å². The highest BCUT2D eigenvalue weighted by molar-refractivity contribution is 7.80. The van der Waals surface area contributed by atoms with E-state index >= 15 is 0 Å². The molecule has 0 bridgehead atoms. The molecule has 0 aromatic heterocycles. The topological polar surface area (TPSA) is 135 Å². The Balaban J connectivity index is 0.000000172. The van der Waals surface area contributed by atoms with Crippen LogP contribution < -0.4 is 31.8 Å². The Morgan fingerprint density at radius 2 is 1.68 bits per heavy atom. The molecule has 0 spiro atoms. The molecule has 1 aromatic carbocycles. The van der Waals surface area contributed by atoms with Crippen LogP contribution in [0.1, 0.15) is 6.42 Å². The number of nitrogen functional groups attached to an aromatic ring is 1. The average molecular weight is 321 g/mol. The van der Waals surface area contributed by atoms with Crippen LogP contribution in [0.15, 0.2) is 22.1 Å². The average Bonchev–Trinajstić information content (AvgIpc) is 2.75. The van der Waals surface area contributed by atoms with Crippen LogP contribution in [0.25, 0.3) is 0 Å². The van der Waals surface area contributed by atoms with Gasteiger partial charge in [-0.15, -0.1) is 0 Å². The van der Waals surface area contributed by atoms with E-state index in [0.29, 0.717) is 22.2 Å². The quantitative estimate of drug-likeness (QED) is 0.329. The van der Waals surface area contributed by atoms with Gasteiger partial charge in [-0.05, 0) is 18.3 Å². The number of thiocarbonyl (C=S) groups is 1. The Kier molecular flexibility index (Phi) is 4.41. The van der Waals surface area contributed by atoms with Gasteiger partial charge in [-0.1, -0.05) is 0 Å². The van der Waals surface area contributed by atoms with Crippen molar-refractivity contribution < 1.29 is 19.1 Å². The first kappa shape index (κ1) is 15.5. The lowest BCUT2D eigenvalue weighted by molar-refractivity contribution is -0.129. The molecule has 2 aliphatic rings. The maximum absolute atomic E-state index is 10.8. The van der Waals surface area contributed by atoms with Crippen molar-refractivity contribution in [1.82, 2.24) is 10.6 Å². The number of rotatable bonds is 1. The number of benzene rings is 1. The van der Waals surface area contributed by atoms with Gasteiger partial charge in [0.25, 0.3) is 0 Å². The van der Waals surface area contributed by atoms with Gasteiger partial charge >= 0.3 is 6.03 Å². The Hall–Kier alpha value is -2.88. The third-order valence-electron chi connectivity index (χ3n) is 2.59. The first-order valence-corrected chi connectivity index (χ1v) is 6.38. The van der Waals surface area contributed by atoms with Crippen molar-refractivity contribution in [3.63, 3.8) is 0 Å². The van der Waals surface area contributed by atoms with Gasteiger partial charge in [-0.3, -0.25) is 9.59 Å². The number of amides is 4. The molecule has 0 atom stereocenters. The zero-order valence-electron chi connectivity index (χ0n) is 11.4. The maximum atomic E-state index is 10.8. The van der Waals surface area contributed by atoms with Crippen LogP contribution in [0.4, 0.5) is 10.5 Å². The van der Waals surface area contributed by atoms with Crippen LogP contribution in [0.5, 0.6) is 5.75 Å². The summed E-state index contributed by atoms with van der Waals surface area (Å²) < 4.78 is 4.97. The van der Waals surface area contributed by atoms with Crippen molar-refractivity contribution in [1.29, 1.82) is 0 Å². The fourth-order valence-corrected chi connectivity index (χ4v) is 1.91. The highest BCUT2D eigenvalue weighted by atomic mass is 32.1. The number of nitrogens with zero attached hydrogens (tertiary/aromatic N) is 2. The molecule has 1 fully saturated rings. The maximum Gasteiger partial charge on any atom is 0.368 e. The molecule has 0 radical (unpaired) electrons. The number of carbonyl (C=O) groups is 3. The van der Waals surface area contributed by atoms with Crippen molar-refractivity contribution in [2.75, 3.05) is 12.8 Å². The van der Waals surface area contributed by atoms with Gasteiger partial charge in [0.1, 0.15) is 12.2 Å². The molecule has 4 N–H and O–H groups in total. The van der Waals surface area contributed by atoms with E-state index in [1.807, 2.05) is 0 Å². The Morgan fingerprint density at radius 1 is 1.14 bits per heavy atom. The molecule has 0 unspecified atom stereocenters. The van der Waals surface area contributed by atoms with Gasteiger partial charge in [-0.2, -0.15) is 9.98 Å². The summed E-state index contributed by atoms with van der Waals surface area (Å²) in [6.45, 7) is 0. The van der Waals surface area contributed by atoms with Crippen LogP contribution in [0.3, 0.4) is 0 Å². The third-order valence-corrected chi connectivity index (χ3v) is 2.79. The number of hydrogen-bond acceptors (Lipinski definition) is 6. The molecular weight excluding hydrogens is 310 g/mol. The van der Waals surface area contributed by atoms with Crippen LogP contribution in [0, 0.1) is 0 Å². The molecule has 1 aromatic rings. The third kappa shape index (κ3) is 3.61. The Bertz CT molecular complexity index is 759. The van der Waals surface area contributed by atoms with E-state index in [1.165, 1.54) is 7.11 Å². The van der Waals surface area contributed by atoms with E-state index in [1.54, 1.807) is 12.1 Å². The molecule has 2 aliphatic heterocycles. The minimum Gasteiger partial charge on any atom is -0.495 e. The Morgan fingerprint density at radius 3 is 2.18 bits per heavy atom. The lowest BCUT2D eigenvalue weighted by Gasteiger charge is -2.12. The van der Waals surface area contributed by atoms with Gasteiger partial charge < -0.3 is 21.1 Å². The molecule has 3 rings (SSSR count). The van der Waals surface area contributed by atoms with E-state index in [2.05, 4.69) is 32.8 Å². The molecule has 0 aliphatic carbocycles. The summed E-state index contributed by atoms with van der Waals surface area (Å²) in [5.74, 6) is -0.181. The van der Waals surface area contributed by atoms with E-state index in [4.69, 9.17) is 10.5 Å². The van der Waals surface area contributed by atoms with Crippen LogP contribution in [-0.2, 0) is 9.59 Å². The normalized spacial score (nSPS) is 15.5. The fraction of sp³-hybridized carbons (Fsp3) is 0.167. The van der Waals surface area contributed by atoms with E-state index < -0.39 is 6.03 Å². The number of anilines is 1. The lowest BCUT2D eigenvalue weighted by Crippen LogP contribution is -2.49. The second-order valence-electron chi connectivity index (χ2n) is 4.19. The van der Waals surface area contributed by atoms with Crippen LogP contribution in [-0.4, -0.2) is 30.1 Å². The van der Waals surface area contributed by atoms with Crippen LogP contribution >= 0.6 is 12.2 Å².